The number of halogens is 1. The maximum Gasteiger partial charge on any atom is 0.137 e. The van der Waals surface area contributed by atoms with Crippen LogP contribution in [0.5, 0.6) is 0 Å². The number of benzene rings is 1. The molecule has 3 heterocycles. The van der Waals surface area contributed by atoms with Gasteiger partial charge in [-0.15, -0.1) is 0 Å². The van der Waals surface area contributed by atoms with Crippen molar-refractivity contribution in [2.75, 3.05) is 26.2 Å². The molecule has 124 valence electrons. The van der Waals surface area contributed by atoms with Crippen LogP contribution in [-0.2, 0) is 13.1 Å². The fraction of sp³-hybridized carbons (Fsp3) is 0.316. The molecule has 0 unspecified atom stereocenters. The number of hydrogen-bond donors (Lipinski definition) is 1. The average Bonchev–Trinajstić information content (AvgIpc) is 3.02. The second kappa shape index (κ2) is 6.71. The molecule has 1 N–H and O–H groups in total. The summed E-state index contributed by atoms with van der Waals surface area (Å²) in [5, 5.41) is 1.21. The Balaban J connectivity index is 1.33. The summed E-state index contributed by atoms with van der Waals surface area (Å²) >= 11 is 0. The van der Waals surface area contributed by atoms with Gasteiger partial charge < -0.3 is 4.98 Å². The highest BCUT2D eigenvalue weighted by atomic mass is 19.1. The third-order valence-corrected chi connectivity index (χ3v) is 4.72. The summed E-state index contributed by atoms with van der Waals surface area (Å²) in [5.41, 5.74) is 3.44. The molecule has 4 rings (SSSR count). The number of aromatic amines is 1. The van der Waals surface area contributed by atoms with Gasteiger partial charge in [-0.05, 0) is 35.4 Å². The Hall–Kier alpha value is -2.24. The third kappa shape index (κ3) is 3.32. The molecule has 4 nitrogen and oxygen atoms in total. The molecule has 1 aliphatic heterocycles. The van der Waals surface area contributed by atoms with Gasteiger partial charge in [0.2, 0.25) is 0 Å². The zero-order chi connectivity index (χ0) is 16.4. The summed E-state index contributed by atoms with van der Waals surface area (Å²) in [6.45, 7) is 6.03. The number of piperazine rings is 1. The number of aromatic nitrogens is 2. The Kier molecular flexibility index (Phi) is 4.28. The first-order chi connectivity index (χ1) is 11.8. The van der Waals surface area contributed by atoms with Crippen molar-refractivity contribution >= 4 is 11.0 Å². The molecule has 3 aromatic rings. The van der Waals surface area contributed by atoms with Crippen molar-refractivity contribution in [1.82, 2.24) is 19.8 Å². The lowest BCUT2D eigenvalue weighted by molar-refractivity contribution is 0.122. The highest BCUT2D eigenvalue weighted by Gasteiger charge is 2.18. The van der Waals surface area contributed by atoms with Gasteiger partial charge in [0.05, 0.1) is 0 Å². The molecular formula is C19H21FN4. The minimum absolute atomic E-state index is 0.170. The molecule has 2 aromatic heterocycles. The van der Waals surface area contributed by atoms with Crippen molar-refractivity contribution in [2.24, 2.45) is 0 Å². The van der Waals surface area contributed by atoms with Crippen LogP contribution in [0.15, 0.2) is 48.8 Å². The van der Waals surface area contributed by atoms with Gasteiger partial charge >= 0.3 is 0 Å². The lowest BCUT2D eigenvalue weighted by atomic mass is 10.1. The summed E-state index contributed by atoms with van der Waals surface area (Å²) in [7, 11) is 0. The average molecular weight is 324 g/mol. The van der Waals surface area contributed by atoms with E-state index in [1.165, 1.54) is 28.6 Å². The summed E-state index contributed by atoms with van der Waals surface area (Å²) < 4.78 is 13.0. The lowest BCUT2D eigenvalue weighted by Crippen LogP contribution is -2.45. The van der Waals surface area contributed by atoms with Crippen LogP contribution in [0, 0.1) is 5.82 Å². The SMILES string of the molecule is Fc1ccc(CN2CCN(Cc3c[nH]c4ncccc34)CC2)cc1. The minimum Gasteiger partial charge on any atom is -0.346 e. The number of fused-ring (bicyclic) bond motifs is 1. The summed E-state index contributed by atoms with van der Waals surface area (Å²) in [4.78, 5) is 12.5. The smallest absolute Gasteiger partial charge is 0.137 e. The molecule has 0 saturated carbocycles. The Morgan fingerprint density at radius 2 is 1.67 bits per heavy atom. The van der Waals surface area contributed by atoms with Gasteiger partial charge in [-0.1, -0.05) is 12.1 Å². The van der Waals surface area contributed by atoms with E-state index in [0.717, 1.165) is 44.9 Å². The number of nitrogens with one attached hydrogen (secondary N) is 1. The summed E-state index contributed by atoms with van der Waals surface area (Å²) in [6, 6.07) is 10.9. The van der Waals surface area contributed by atoms with E-state index in [1.54, 1.807) is 0 Å². The molecule has 0 radical (unpaired) electrons. The van der Waals surface area contributed by atoms with Crippen molar-refractivity contribution in [3.05, 3.63) is 65.7 Å². The Morgan fingerprint density at radius 1 is 0.958 bits per heavy atom. The van der Waals surface area contributed by atoms with E-state index in [1.807, 2.05) is 24.4 Å². The molecule has 0 amide bonds. The molecule has 0 spiro atoms. The zero-order valence-electron chi connectivity index (χ0n) is 13.6. The topological polar surface area (TPSA) is 35.2 Å². The van der Waals surface area contributed by atoms with E-state index in [4.69, 9.17) is 0 Å². The van der Waals surface area contributed by atoms with Crippen LogP contribution in [0.3, 0.4) is 0 Å². The van der Waals surface area contributed by atoms with Crippen LogP contribution in [0.2, 0.25) is 0 Å². The van der Waals surface area contributed by atoms with E-state index in [-0.39, 0.29) is 5.82 Å². The zero-order valence-corrected chi connectivity index (χ0v) is 13.6. The van der Waals surface area contributed by atoms with E-state index >= 15 is 0 Å². The second-order valence-electron chi connectivity index (χ2n) is 6.39. The maximum atomic E-state index is 13.0. The molecule has 0 bridgehead atoms. The summed E-state index contributed by atoms with van der Waals surface area (Å²) in [5.74, 6) is -0.170. The van der Waals surface area contributed by atoms with Gasteiger partial charge in [-0.25, -0.2) is 9.37 Å². The van der Waals surface area contributed by atoms with E-state index in [0.29, 0.717) is 0 Å². The third-order valence-electron chi connectivity index (χ3n) is 4.72. The van der Waals surface area contributed by atoms with Gasteiger partial charge in [0.25, 0.3) is 0 Å². The van der Waals surface area contributed by atoms with Crippen molar-refractivity contribution < 1.29 is 4.39 Å². The normalized spacial score (nSPS) is 16.7. The van der Waals surface area contributed by atoms with Crippen molar-refractivity contribution in [2.45, 2.75) is 13.1 Å². The van der Waals surface area contributed by atoms with Gasteiger partial charge in [0, 0.05) is 57.0 Å². The highest BCUT2D eigenvalue weighted by Crippen LogP contribution is 2.18. The first kappa shape index (κ1) is 15.3. The molecular weight excluding hydrogens is 303 g/mol. The van der Waals surface area contributed by atoms with Gasteiger partial charge in [0.1, 0.15) is 11.5 Å². The Bertz CT molecular complexity index is 804. The summed E-state index contributed by atoms with van der Waals surface area (Å²) in [6.07, 6.45) is 3.89. The van der Waals surface area contributed by atoms with Gasteiger partial charge in [-0.2, -0.15) is 0 Å². The van der Waals surface area contributed by atoms with E-state index < -0.39 is 0 Å². The monoisotopic (exact) mass is 324 g/mol. The van der Waals surface area contributed by atoms with Crippen LogP contribution < -0.4 is 0 Å². The molecule has 24 heavy (non-hydrogen) atoms. The van der Waals surface area contributed by atoms with Crippen molar-refractivity contribution in [3.63, 3.8) is 0 Å². The number of hydrogen-bond acceptors (Lipinski definition) is 3. The van der Waals surface area contributed by atoms with Gasteiger partial charge in [0.15, 0.2) is 0 Å². The number of pyridine rings is 1. The number of rotatable bonds is 4. The molecule has 5 heteroatoms. The van der Waals surface area contributed by atoms with Crippen LogP contribution in [0.1, 0.15) is 11.1 Å². The van der Waals surface area contributed by atoms with Gasteiger partial charge in [-0.3, -0.25) is 9.80 Å². The predicted molar refractivity (Wildman–Crippen MR) is 93.0 cm³/mol. The van der Waals surface area contributed by atoms with Crippen LogP contribution in [-0.4, -0.2) is 45.9 Å². The largest absolute Gasteiger partial charge is 0.346 e. The second-order valence-corrected chi connectivity index (χ2v) is 6.39. The Morgan fingerprint density at radius 3 is 2.42 bits per heavy atom. The number of nitrogens with zero attached hydrogens (tertiary/aromatic N) is 3. The molecule has 0 aliphatic carbocycles. The minimum atomic E-state index is -0.170. The molecule has 1 fully saturated rings. The Labute approximate surface area is 140 Å². The van der Waals surface area contributed by atoms with Crippen LogP contribution in [0.25, 0.3) is 11.0 Å². The number of H-pyrrole nitrogens is 1. The first-order valence-electron chi connectivity index (χ1n) is 8.38. The van der Waals surface area contributed by atoms with Crippen molar-refractivity contribution in [1.29, 1.82) is 0 Å². The van der Waals surface area contributed by atoms with Crippen molar-refractivity contribution in [3.8, 4) is 0 Å². The lowest BCUT2D eigenvalue weighted by Gasteiger charge is -2.34. The fourth-order valence-corrected chi connectivity index (χ4v) is 3.34. The molecule has 1 aromatic carbocycles. The van der Waals surface area contributed by atoms with Crippen LogP contribution in [0.4, 0.5) is 4.39 Å². The molecule has 1 aliphatic rings. The standard InChI is InChI=1S/C19H21FN4/c20-17-5-3-15(4-6-17)13-23-8-10-24(11-9-23)14-16-12-22-19-18(16)2-1-7-21-19/h1-7,12H,8-11,13-14H2,(H,21,22). The maximum absolute atomic E-state index is 13.0. The van der Waals surface area contributed by atoms with E-state index in [9.17, 15) is 4.39 Å². The highest BCUT2D eigenvalue weighted by molar-refractivity contribution is 5.79. The molecule has 0 atom stereocenters. The first-order valence-corrected chi connectivity index (χ1v) is 8.38. The fourth-order valence-electron chi connectivity index (χ4n) is 3.34. The quantitative estimate of drug-likeness (QED) is 0.801. The predicted octanol–water partition coefficient (Wildman–Crippen LogP) is 3.02. The van der Waals surface area contributed by atoms with Crippen LogP contribution >= 0.6 is 0 Å². The molecule has 1 saturated heterocycles. The van der Waals surface area contributed by atoms with E-state index in [2.05, 4.69) is 32.0 Å².